The van der Waals surface area contributed by atoms with Crippen LogP contribution in [0, 0.1) is 0 Å². The lowest BCUT2D eigenvalue weighted by atomic mass is 10.1. The summed E-state index contributed by atoms with van der Waals surface area (Å²) in [6, 6.07) is 0.366. The summed E-state index contributed by atoms with van der Waals surface area (Å²) in [6.45, 7) is 4.95. The number of thiophene rings is 1. The molecule has 2 saturated carbocycles. The number of nitrogens with one attached hydrogen (secondary N) is 2. The van der Waals surface area contributed by atoms with Gasteiger partial charge in [-0.15, -0.1) is 11.3 Å². The Morgan fingerprint density at radius 3 is 2.62 bits per heavy atom. The fourth-order valence-electron chi connectivity index (χ4n) is 2.36. The fraction of sp³-hybridized carbons (Fsp3) is 0.562. The summed E-state index contributed by atoms with van der Waals surface area (Å²) in [4.78, 5) is 13.0. The van der Waals surface area contributed by atoms with Gasteiger partial charge >= 0.3 is 0 Å². The van der Waals surface area contributed by atoms with Crippen LogP contribution in [-0.4, -0.2) is 18.5 Å². The van der Waals surface area contributed by atoms with Crippen LogP contribution in [-0.2, 0) is 0 Å². The van der Waals surface area contributed by atoms with E-state index in [9.17, 15) is 4.79 Å². The minimum absolute atomic E-state index is 0.00263. The van der Waals surface area contributed by atoms with Crippen molar-refractivity contribution in [2.75, 3.05) is 17.6 Å². The van der Waals surface area contributed by atoms with Gasteiger partial charge in [0.25, 0.3) is 5.91 Å². The Kier molecular flexibility index (Phi) is 3.93. The molecule has 4 nitrogen and oxygen atoms in total. The molecule has 3 rings (SSSR count). The molecule has 1 amide bonds. The van der Waals surface area contributed by atoms with E-state index in [4.69, 9.17) is 5.73 Å². The Labute approximate surface area is 129 Å². The molecule has 0 saturated heterocycles. The summed E-state index contributed by atoms with van der Waals surface area (Å²) < 4.78 is 0. The van der Waals surface area contributed by atoms with E-state index in [-0.39, 0.29) is 5.91 Å². The molecule has 0 atom stereocenters. The molecule has 1 aromatic rings. The van der Waals surface area contributed by atoms with E-state index in [1.54, 1.807) is 0 Å². The fourth-order valence-corrected chi connectivity index (χ4v) is 3.48. The summed E-state index contributed by atoms with van der Waals surface area (Å²) in [5, 5.41) is 7.55. The van der Waals surface area contributed by atoms with Crippen LogP contribution < -0.4 is 16.4 Å². The summed E-state index contributed by atoms with van der Waals surface area (Å²) in [7, 11) is 0. The Morgan fingerprint density at radius 2 is 2.05 bits per heavy atom. The van der Waals surface area contributed by atoms with E-state index in [2.05, 4.69) is 30.6 Å². The van der Waals surface area contributed by atoms with Gasteiger partial charge in [-0.2, -0.15) is 0 Å². The van der Waals surface area contributed by atoms with Crippen LogP contribution in [0.2, 0.25) is 0 Å². The molecule has 0 spiro atoms. The quantitative estimate of drug-likeness (QED) is 0.705. The number of hydrogen-bond donors (Lipinski definition) is 3. The van der Waals surface area contributed by atoms with Crippen molar-refractivity contribution in [3.8, 4) is 0 Å². The van der Waals surface area contributed by atoms with Crippen molar-refractivity contribution in [2.45, 2.75) is 51.5 Å². The van der Waals surface area contributed by atoms with Crippen LogP contribution in [0.4, 0.5) is 10.7 Å². The molecule has 114 valence electrons. The summed E-state index contributed by atoms with van der Waals surface area (Å²) in [6.07, 6.45) is 6.71. The van der Waals surface area contributed by atoms with Crippen molar-refractivity contribution in [3.05, 3.63) is 22.1 Å². The molecule has 1 aromatic heterocycles. The normalized spacial score (nSPS) is 17.4. The molecule has 21 heavy (non-hydrogen) atoms. The molecule has 0 unspecified atom stereocenters. The maximum absolute atomic E-state index is 12.3. The maximum atomic E-state index is 12.3. The smallest absolute Gasteiger partial charge is 0.263 e. The third-order valence-electron chi connectivity index (χ3n) is 3.86. The van der Waals surface area contributed by atoms with E-state index in [1.807, 2.05) is 0 Å². The molecule has 0 bridgehead atoms. The van der Waals surface area contributed by atoms with Crippen LogP contribution in [0.5, 0.6) is 0 Å². The number of nitrogens with two attached hydrogens (primary N) is 1. The molecular weight excluding hydrogens is 282 g/mol. The predicted molar refractivity (Wildman–Crippen MR) is 89.1 cm³/mol. The Hall–Kier alpha value is -1.49. The van der Waals surface area contributed by atoms with E-state index >= 15 is 0 Å². The van der Waals surface area contributed by atoms with Crippen molar-refractivity contribution < 1.29 is 4.79 Å². The highest BCUT2D eigenvalue weighted by atomic mass is 32.1. The molecule has 0 radical (unpaired) electrons. The first-order valence-electron chi connectivity index (χ1n) is 7.66. The molecule has 4 N–H and O–H groups in total. The van der Waals surface area contributed by atoms with Gasteiger partial charge in [0.2, 0.25) is 0 Å². The molecule has 2 aliphatic carbocycles. The second kappa shape index (κ2) is 5.72. The van der Waals surface area contributed by atoms with Gasteiger partial charge in [-0.05, 0) is 45.4 Å². The number of anilines is 2. The number of amides is 1. The Morgan fingerprint density at radius 1 is 1.33 bits per heavy atom. The Balaban J connectivity index is 1.80. The highest BCUT2D eigenvalue weighted by molar-refractivity contribution is 7.18. The number of allylic oxidation sites excluding steroid dienone is 1. The molecule has 2 fully saturated rings. The first-order chi connectivity index (χ1) is 10.1. The predicted octanol–water partition coefficient (Wildman–Crippen LogP) is 3.48. The standard InChI is InChI=1S/C16H23N3OS/c1-9(2)7-8-18-16-12(10-3-4-10)13(17)14(21-16)15(20)19-11-5-6-11/h7,10-11,18H,3-6,8,17H2,1-2H3,(H,19,20). The third kappa shape index (κ3) is 3.40. The summed E-state index contributed by atoms with van der Waals surface area (Å²) in [5.41, 5.74) is 9.42. The number of rotatable bonds is 6. The lowest BCUT2D eigenvalue weighted by molar-refractivity contribution is 0.0956. The van der Waals surface area contributed by atoms with Crippen molar-refractivity contribution in [1.82, 2.24) is 5.32 Å². The number of carbonyl (C=O) groups is 1. The average Bonchev–Trinajstić information content (AvgIpc) is 3.31. The van der Waals surface area contributed by atoms with Crippen LogP contribution in [0.15, 0.2) is 11.6 Å². The van der Waals surface area contributed by atoms with Crippen LogP contribution in [0.3, 0.4) is 0 Å². The van der Waals surface area contributed by atoms with Gasteiger partial charge in [0.05, 0.1) is 10.7 Å². The van der Waals surface area contributed by atoms with E-state index < -0.39 is 0 Å². The zero-order chi connectivity index (χ0) is 15.0. The van der Waals surface area contributed by atoms with Gasteiger partial charge in [-0.1, -0.05) is 11.6 Å². The van der Waals surface area contributed by atoms with Gasteiger partial charge in [-0.3, -0.25) is 4.79 Å². The highest BCUT2D eigenvalue weighted by Gasteiger charge is 2.34. The number of hydrogen-bond acceptors (Lipinski definition) is 4. The SMILES string of the molecule is CC(C)=CCNc1sc(C(=O)NC2CC2)c(N)c1C1CC1. The van der Waals surface area contributed by atoms with Gasteiger partial charge in [-0.25, -0.2) is 0 Å². The Bertz CT molecular complexity index is 579. The van der Waals surface area contributed by atoms with Crippen molar-refractivity contribution in [3.63, 3.8) is 0 Å². The lowest BCUT2D eigenvalue weighted by Gasteiger charge is -2.05. The average molecular weight is 305 g/mol. The van der Waals surface area contributed by atoms with Gasteiger partial charge in [0, 0.05) is 18.2 Å². The highest BCUT2D eigenvalue weighted by Crippen LogP contribution is 2.50. The van der Waals surface area contributed by atoms with Crippen LogP contribution in [0.25, 0.3) is 0 Å². The van der Waals surface area contributed by atoms with Gasteiger partial charge < -0.3 is 16.4 Å². The van der Waals surface area contributed by atoms with E-state index in [0.717, 1.165) is 24.4 Å². The second-order valence-corrected chi connectivity index (χ2v) is 7.29. The maximum Gasteiger partial charge on any atom is 0.263 e. The second-order valence-electron chi connectivity index (χ2n) is 6.27. The molecule has 2 aliphatic rings. The molecule has 0 aliphatic heterocycles. The molecule has 1 heterocycles. The largest absolute Gasteiger partial charge is 0.397 e. The monoisotopic (exact) mass is 305 g/mol. The number of nitrogen functional groups attached to an aromatic ring is 1. The van der Waals surface area contributed by atoms with E-state index in [0.29, 0.717) is 22.5 Å². The van der Waals surface area contributed by atoms with Gasteiger partial charge in [0.1, 0.15) is 4.88 Å². The lowest BCUT2D eigenvalue weighted by Crippen LogP contribution is -2.25. The molecule has 5 heteroatoms. The van der Waals surface area contributed by atoms with E-state index in [1.165, 1.54) is 35.3 Å². The summed E-state index contributed by atoms with van der Waals surface area (Å²) >= 11 is 1.51. The first kappa shape index (κ1) is 14.4. The summed E-state index contributed by atoms with van der Waals surface area (Å²) in [5.74, 6) is 0.537. The van der Waals surface area contributed by atoms with Crippen LogP contribution >= 0.6 is 11.3 Å². The van der Waals surface area contributed by atoms with Crippen LogP contribution in [0.1, 0.15) is 60.7 Å². The molecular formula is C16H23N3OS. The van der Waals surface area contributed by atoms with Gasteiger partial charge in [0.15, 0.2) is 0 Å². The third-order valence-corrected chi connectivity index (χ3v) is 5.04. The van der Waals surface area contributed by atoms with Crippen molar-refractivity contribution >= 4 is 27.9 Å². The van der Waals surface area contributed by atoms with Crippen molar-refractivity contribution in [1.29, 1.82) is 0 Å². The minimum atomic E-state index is -0.00263. The first-order valence-corrected chi connectivity index (χ1v) is 8.48. The number of carbonyl (C=O) groups excluding carboxylic acids is 1. The topological polar surface area (TPSA) is 67.2 Å². The zero-order valence-corrected chi connectivity index (χ0v) is 13.5. The van der Waals surface area contributed by atoms with Crippen molar-refractivity contribution in [2.24, 2.45) is 0 Å². The molecule has 0 aromatic carbocycles. The minimum Gasteiger partial charge on any atom is -0.397 e. The zero-order valence-electron chi connectivity index (χ0n) is 12.7.